The van der Waals surface area contributed by atoms with Crippen LogP contribution in [-0.2, 0) is 0 Å². The summed E-state index contributed by atoms with van der Waals surface area (Å²) < 4.78 is 6.50. The molecule has 2 aromatic heterocycles. The Bertz CT molecular complexity index is 1800. The first-order valence-corrected chi connectivity index (χ1v) is 13.8. The second-order valence-electron chi connectivity index (χ2n) is 9.08. The predicted molar refractivity (Wildman–Crippen MR) is 162 cm³/mol. The Morgan fingerprint density at radius 2 is 0.816 bits per heavy atom. The minimum Gasteiger partial charge on any atom is -0.309 e. The van der Waals surface area contributed by atoms with E-state index >= 15 is 0 Å². The molecule has 7 aromatic rings. The summed E-state index contributed by atoms with van der Waals surface area (Å²) in [6.07, 6.45) is 0. The fourth-order valence-electron chi connectivity index (χ4n) is 5.05. The van der Waals surface area contributed by atoms with Crippen LogP contribution >= 0.6 is 31.9 Å². The van der Waals surface area contributed by atoms with Crippen LogP contribution in [0, 0.1) is 0 Å². The number of halogens is 2. The molecule has 0 saturated heterocycles. The van der Waals surface area contributed by atoms with Gasteiger partial charge in [-0.1, -0.05) is 92.5 Å². The molecule has 2 heterocycles. The van der Waals surface area contributed by atoms with Gasteiger partial charge in [0.05, 0.1) is 11.0 Å². The van der Waals surface area contributed by atoms with Gasteiger partial charge in [0.25, 0.3) is 0 Å². The van der Waals surface area contributed by atoms with Gasteiger partial charge in [0.1, 0.15) is 0 Å². The second kappa shape index (κ2) is 9.39. The molecule has 0 fully saturated rings. The van der Waals surface area contributed by atoms with Gasteiger partial charge in [0.2, 0.25) is 0 Å². The zero-order chi connectivity index (χ0) is 25.6. The maximum atomic E-state index is 4.63. The summed E-state index contributed by atoms with van der Waals surface area (Å²) in [6, 6.07) is 42.1. The number of nitrogens with zero attached hydrogens (tertiary/aromatic N) is 4. The zero-order valence-electron chi connectivity index (χ0n) is 20.1. The van der Waals surface area contributed by atoms with E-state index in [1.54, 1.807) is 0 Å². The standard InChI is InChI=1S/C32H20Br2N4/c33-23-13-9-21(10-14-23)31-35-36-32(22-11-15-24(34)16-12-22)38(31)26-19-17-25(18-20-26)37-29-7-3-1-5-27(29)28-6-2-4-8-30(28)37/h1-20H. The Hall–Kier alpha value is -4.00. The van der Waals surface area contributed by atoms with Gasteiger partial charge in [0.15, 0.2) is 11.6 Å². The fourth-order valence-corrected chi connectivity index (χ4v) is 5.58. The van der Waals surface area contributed by atoms with Gasteiger partial charge in [-0.25, -0.2) is 0 Å². The average molecular weight is 620 g/mol. The van der Waals surface area contributed by atoms with Crippen LogP contribution < -0.4 is 0 Å². The topological polar surface area (TPSA) is 35.6 Å². The minimum absolute atomic E-state index is 0.792. The summed E-state index contributed by atoms with van der Waals surface area (Å²) in [7, 11) is 0. The van der Waals surface area contributed by atoms with E-state index in [0.29, 0.717) is 0 Å². The highest BCUT2D eigenvalue weighted by molar-refractivity contribution is 9.10. The number of aromatic nitrogens is 4. The van der Waals surface area contributed by atoms with Crippen molar-refractivity contribution in [1.82, 2.24) is 19.3 Å². The van der Waals surface area contributed by atoms with Crippen LogP contribution in [0.5, 0.6) is 0 Å². The normalized spacial score (nSPS) is 11.4. The monoisotopic (exact) mass is 618 g/mol. The fraction of sp³-hybridized carbons (Fsp3) is 0. The lowest BCUT2D eigenvalue weighted by Crippen LogP contribution is -2.01. The first-order valence-electron chi connectivity index (χ1n) is 12.2. The molecular formula is C32H20Br2N4. The summed E-state index contributed by atoms with van der Waals surface area (Å²) in [5.74, 6) is 1.58. The Kier molecular flexibility index (Phi) is 5.72. The van der Waals surface area contributed by atoms with Gasteiger partial charge in [-0.2, -0.15) is 0 Å². The molecule has 7 rings (SSSR count). The van der Waals surface area contributed by atoms with E-state index in [9.17, 15) is 0 Å². The Labute approximate surface area is 236 Å². The Balaban J connectivity index is 1.40. The molecule has 182 valence electrons. The van der Waals surface area contributed by atoms with Crippen molar-refractivity contribution in [2.45, 2.75) is 0 Å². The Morgan fingerprint density at radius 3 is 1.26 bits per heavy atom. The second-order valence-corrected chi connectivity index (χ2v) is 10.9. The predicted octanol–water partition coefficient (Wildman–Crippen LogP) is 9.22. The molecule has 5 aromatic carbocycles. The summed E-state index contributed by atoms with van der Waals surface area (Å²) >= 11 is 7.08. The van der Waals surface area contributed by atoms with Crippen molar-refractivity contribution in [1.29, 1.82) is 0 Å². The molecule has 0 unspecified atom stereocenters. The van der Waals surface area contributed by atoms with Crippen molar-refractivity contribution in [3.05, 3.63) is 130 Å². The van der Waals surface area contributed by atoms with Crippen molar-refractivity contribution in [3.63, 3.8) is 0 Å². The van der Waals surface area contributed by atoms with Crippen LogP contribution in [0.3, 0.4) is 0 Å². The number of hydrogen-bond donors (Lipinski definition) is 0. The van der Waals surface area contributed by atoms with Gasteiger partial charge >= 0.3 is 0 Å². The number of para-hydroxylation sites is 2. The van der Waals surface area contributed by atoms with Crippen molar-refractivity contribution < 1.29 is 0 Å². The number of fused-ring (bicyclic) bond motifs is 3. The molecule has 0 saturated carbocycles. The molecule has 0 aliphatic heterocycles. The van der Waals surface area contributed by atoms with E-state index in [1.165, 1.54) is 21.8 Å². The molecule has 4 nitrogen and oxygen atoms in total. The lowest BCUT2D eigenvalue weighted by atomic mass is 10.1. The highest BCUT2D eigenvalue weighted by Gasteiger charge is 2.18. The van der Waals surface area contributed by atoms with E-state index in [-0.39, 0.29) is 0 Å². The third kappa shape index (κ3) is 3.88. The maximum Gasteiger partial charge on any atom is 0.168 e. The van der Waals surface area contributed by atoms with Crippen LogP contribution in [-0.4, -0.2) is 19.3 Å². The summed E-state index contributed by atoms with van der Waals surface area (Å²) in [5, 5.41) is 11.8. The number of hydrogen-bond acceptors (Lipinski definition) is 2. The summed E-state index contributed by atoms with van der Waals surface area (Å²) in [4.78, 5) is 0. The average Bonchev–Trinajstić information content (AvgIpc) is 3.54. The number of benzene rings is 5. The summed E-state index contributed by atoms with van der Waals surface area (Å²) in [5.41, 5.74) is 6.48. The van der Waals surface area contributed by atoms with E-state index < -0.39 is 0 Å². The van der Waals surface area contributed by atoms with Gasteiger partial charge in [-0.15, -0.1) is 10.2 Å². The molecule has 0 atom stereocenters. The van der Waals surface area contributed by atoms with Crippen molar-refractivity contribution in [3.8, 4) is 34.2 Å². The largest absolute Gasteiger partial charge is 0.309 e. The summed E-state index contributed by atoms with van der Waals surface area (Å²) in [6.45, 7) is 0. The highest BCUT2D eigenvalue weighted by Crippen LogP contribution is 2.34. The van der Waals surface area contributed by atoms with Gasteiger partial charge < -0.3 is 4.57 Å². The van der Waals surface area contributed by atoms with Crippen LogP contribution in [0.25, 0.3) is 56.0 Å². The van der Waals surface area contributed by atoms with Crippen LogP contribution in [0.2, 0.25) is 0 Å². The van der Waals surface area contributed by atoms with E-state index in [0.717, 1.165) is 43.1 Å². The molecular weight excluding hydrogens is 600 g/mol. The van der Waals surface area contributed by atoms with Gasteiger partial charge in [-0.05, 0) is 60.7 Å². The van der Waals surface area contributed by atoms with Gasteiger partial charge in [0, 0.05) is 42.2 Å². The van der Waals surface area contributed by atoms with Crippen molar-refractivity contribution in [2.75, 3.05) is 0 Å². The van der Waals surface area contributed by atoms with Crippen molar-refractivity contribution in [2.24, 2.45) is 0 Å². The zero-order valence-corrected chi connectivity index (χ0v) is 23.3. The highest BCUT2D eigenvalue weighted by atomic mass is 79.9. The molecule has 0 radical (unpaired) electrons. The number of rotatable bonds is 4. The molecule has 0 bridgehead atoms. The minimum atomic E-state index is 0.792. The SMILES string of the molecule is Brc1ccc(-c2nnc(-c3ccc(Br)cc3)n2-c2ccc(-n3c4ccccc4c4ccccc43)cc2)cc1. The first kappa shape index (κ1) is 23.1. The molecule has 38 heavy (non-hydrogen) atoms. The molecule has 0 amide bonds. The molecule has 0 aliphatic rings. The van der Waals surface area contributed by atoms with Crippen LogP contribution in [0.1, 0.15) is 0 Å². The van der Waals surface area contributed by atoms with Gasteiger partial charge in [-0.3, -0.25) is 4.57 Å². The van der Waals surface area contributed by atoms with E-state index in [2.05, 4.69) is 148 Å². The molecule has 6 heteroatoms. The third-order valence-corrected chi connectivity index (χ3v) is 7.87. The first-order chi connectivity index (χ1) is 18.7. The molecule has 0 N–H and O–H groups in total. The third-order valence-electron chi connectivity index (χ3n) is 6.81. The maximum absolute atomic E-state index is 4.63. The van der Waals surface area contributed by atoms with Crippen LogP contribution in [0.15, 0.2) is 130 Å². The Morgan fingerprint density at radius 1 is 0.421 bits per heavy atom. The lowest BCUT2D eigenvalue weighted by Gasteiger charge is -2.13. The van der Waals surface area contributed by atoms with E-state index in [1.807, 2.05) is 24.3 Å². The lowest BCUT2D eigenvalue weighted by molar-refractivity contribution is 1.07. The van der Waals surface area contributed by atoms with E-state index in [4.69, 9.17) is 0 Å². The molecule has 0 spiro atoms. The smallest absolute Gasteiger partial charge is 0.168 e. The molecule has 0 aliphatic carbocycles. The van der Waals surface area contributed by atoms with Crippen LogP contribution in [0.4, 0.5) is 0 Å². The quantitative estimate of drug-likeness (QED) is 0.197. The van der Waals surface area contributed by atoms with Crippen molar-refractivity contribution >= 4 is 53.7 Å².